The number of aromatic nitrogens is 4. The van der Waals surface area contributed by atoms with Gasteiger partial charge in [-0.25, -0.2) is 9.67 Å². The minimum absolute atomic E-state index is 0.0683. The van der Waals surface area contributed by atoms with Crippen molar-refractivity contribution in [3.8, 4) is 0 Å². The van der Waals surface area contributed by atoms with Crippen molar-refractivity contribution >= 4 is 19.0 Å². The molecule has 2 aromatic rings. The van der Waals surface area contributed by atoms with Crippen molar-refractivity contribution in [3.05, 3.63) is 21.9 Å². The van der Waals surface area contributed by atoms with E-state index in [1.807, 2.05) is 11.6 Å². The molecule has 6 nitrogen and oxygen atoms in total. The molecule has 0 bridgehead atoms. The summed E-state index contributed by atoms with van der Waals surface area (Å²) in [5, 5.41) is 5.16. The molecule has 118 valence electrons. The first-order valence-electron chi connectivity index (χ1n) is 7.96. The van der Waals surface area contributed by atoms with E-state index in [1.165, 1.54) is 0 Å². The van der Waals surface area contributed by atoms with Crippen LogP contribution >= 0.6 is 0 Å². The zero-order chi connectivity index (χ0) is 16.1. The summed E-state index contributed by atoms with van der Waals surface area (Å²) in [5.74, 6) is 1.09. The Morgan fingerprint density at radius 1 is 1.36 bits per heavy atom. The number of nitrogens with one attached hydrogen (secondary N) is 1. The lowest BCUT2D eigenvalue weighted by molar-refractivity contribution is 0.322. The molecule has 0 radical (unpaired) electrons. The molecule has 1 atom stereocenters. The summed E-state index contributed by atoms with van der Waals surface area (Å²) >= 11 is 0. The van der Waals surface area contributed by atoms with Crippen molar-refractivity contribution in [1.82, 2.24) is 24.6 Å². The lowest BCUT2D eigenvalue weighted by Gasteiger charge is -2.29. The maximum atomic E-state index is 12.5. The van der Waals surface area contributed by atoms with Gasteiger partial charge in [0.25, 0.3) is 5.56 Å². The molecular formula is C15H24BN5O. The van der Waals surface area contributed by atoms with Gasteiger partial charge < -0.3 is 9.79 Å². The minimum atomic E-state index is -0.200. The third-order valence-electron chi connectivity index (χ3n) is 4.38. The molecule has 22 heavy (non-hydrogen) atoms. The highest BCUT2D eigenvalue weighted by molar-refractivity contribution is 6.04. The average Bonchev–Trinajstić information content (AvgIpc) is 2.76. The maximum Gasteiger partial charge on any atom is 0.262 e. The largest absolute Gasteiger partial charge is 0.348 e. The quantitative estimate of drug-likeness (QED) is 0.795. The number of nitrogens with zero attached hydrogens (tertiary/aromatic N) is 4. The summed E-state index contributed by atoms with van der Waals surface area (Å²) < 4.78 is 1.88. The summed E-state index contributed by atoms with van der Waals surface area (Å²) in [4.78, 5) is 22.6. The Bertz CT molecular complexity index is 758. The molecule has 1 unspecified atom stereocenters. The number of aromatic amines is 1. The zero-order valence-corrected chi connectivity index (χ0v) is 14.1. The van der Waals surface area contributed by atoms with Crippen LogP contribution in [0.25, 0.3) is 11.0 Å². The van der Waals surface area contributed by atoms with E-state index in [4.69, 9.17) is 4.98 Å². The molecule has 0 aromatic carbocycles. The Morgan fingerprint density at radius 3 is 2.73 bits per heavy atom. The van der Waals surface area contributed by atoms with Crippen LogP contribution in [0.1, 0.15) is 51.0 Å². The Balaban J connectivity index is 2.16. The van der Waals surface area contributed by atoms with Crippen molar-refractivity contribution in [2.45, 2.75) is 52.0 Å². The van der Waals surface area contributed by atoms with E-state index < -0.39 is 0 Å². The van der Waals surface area contributed by atoms with Crippen LogP contribution in [-0.4, -0.2) is 45.6 Å². The summed E-state index contributed by atoms with van der Waals surface area (Å²) in [7, 11) is 2.12. The lowest BCUT2D eigenvalue weighted by atomic mass is 9.95. The molecule has 2 aromatic heterocycles. The second kappa shape index (κ2) is 5.23. The Labute approximate surface area is 131 Å². The molecule has 0 amide bonds. The number of fused-ring (bicyclic) bond motifs is 1. The van der Waals surface area contributed by atoms with Crippen molar-refractivity contribution < 1.29 is 0 Å². The highest BCUT2D eigenvalue weighted by Crippen LogP contribution is 2.26. The van der Waals surface area contributed by atoms with Crippen LogP contribution in [0.4, 0.5) is 0 Å². The smallest absolute Gasteiger partial charge is 0.262 e. The van der Waals surface area contributed by atoms with Gasteiger partial charge in [-0.3, -0.25) is 4.79 Å². The third kappa shape index (κ3) is 2.58. The number of piperidine rings is 1. The van der Waals surface area contributed by atoms with Crippen LogP contribution < -0.4 is 5.56 Å². The monoisotopic (exact) mass is 301 g/mol. The first kappa shape index (κ1) is 15.3. The number of rotatable bonds is 1. The summed E-state index contributed by atoms with van der Waals surface area (Å²) in [6.07, 6.45) is 2.21. The fraction of sp³-hybridized carbons (Fsp3) is 0.667. The molecule has 7 heteroatoms. The number of hydrogen-bond donors (Lipinski definition) is 1. The van der Waals surface area contributed by atoms with E-state index in [0.717, 1.165) is 37.4 Å². The Hall–Kier alpha value is -1.63. The lowest BCUT2D eigenvalue weighted by Crippen LogP contribution is -2.33. The molecule has 3 rings (SSSR count). The zero-order valence-electron chi connectivity index (χ0n) is 14.1. The van der Waals surface area contributed by atoms with Crippen LogP contribution in [0.2, 0.25) is 0 Å². The first-order chi connectivity index (χ1) is 10.3. The molecule has 0 aliphatic carbocycles. The summed E-state index contributed by atoms with van der Waals surface area (Å²) in [6.45, 7) is 10.2. The van der Waals surface area contributed by atoms with Crippen molar-refractivity contribution in [3.63, 3.8) is 0 Å². The molecule has 3 heterocycles. The van der Waals surface area contributed by atoms with Gasteiger partial charge in [0.1, 0.15) is 11.2 Å². The Morgan fingerprint density at radius 2 is 2.09 bits per heavy atom. The third-order valence-corrected chi connectivity index (χ3v) is 4.38. The van der Waals surface area contributed by atoms with Gasteiger partial charge in [0.05, 0.1) is 11.2 Å². The van der Waals surface area contributed by atoms with Crippen LogP contribution in [0.5, 0.6) is 0 Å². The van der Waals surface area contributed by atoms with E-state index >= 15 is 0 Å². The highest BCUT2D eigenvalue weighted by atomic mass is 16.1. The molecular weight excluding hydrogens is 277 g/mol. The van der Waals surface area contributed by atoms with Gasteiger partial charge in [0.2, 0.25) is 0 Å². The van der Waals surface area contributed by atoms with E-state index in [1.54, 1.807) is 0 Å². The highest BCUT2D eigenvalue weighted by Gasteiger charge is 2.25. The van der Waals surface area contributed by atoms with Gasteiger partial charge in [-0.1, -0.05) is 0 Å². The predicted octanol–water partition coefficient (Wildman–Crippen LogP) is 0.911. The van der Waals surface area contributed by atoms with Crippen LogP contribution in [0.3, 0.4) is 0 Å². The van der Waals surface area contributed by atoms with Gasteiger partial charge in [0, 0.05) is 5.92 Å². The first-order valence-corrected chi connectivity index (χ1v) is 7.96. The number of hydrogen-bond acceptors (Lipinski definition) is 4. The Kier molecular flexibility index (Phi) is 3.63. The van der Waals surface area contributed by atoms with Crippen molar-refractivity contribution in [2.24, 2.45) is 0 Å². The molecule has 1 aliphatic heterocycles. The van der Waals surface area contributed by atoms with E-state index in [9.17, 15) is 4.79 Å². The second-order valence-electron chi connectivity index (χ2n) is 7.42. The fourth-order valence-corrected chi connectivity index (χ4v) is 3.26. The topological polar surface area (TPSA) is 66.8 Å². The van der Waals surface area contributed by atoms with Gasteiger partial charge in [-0.15, -0.1) is 0 Å². The molecule has 1 aliphatic rings. The summed E-state index contributed by atoms with van der Waals surface area (Å²) in [5.41, 5.74) is 1.18. The summed E-state index contributed by atoms with van der Waals surface area (Å²) in [6, 6.07) is 0. The van der Waals surface area contributed by atoms with Gasteiger partial charge in [-0.05, 0) is 53.6 Å². The molecule has 1 N–H and O–H groups in total. The van der Waals surface area contributed by atoms with Gasteiger partial charge in [-0.2, -0.15) is 5.10 Å². The second-order valence-corrected chi connectivity index (χ2v) is 7.42. The predicted molar refractivity (Wildman–Crippen MR) is 90.0 cm³/mol. The van der Waals surface area contributed by atoms with Crippen LogP contribution in [-0.2, 0) is 5.54 Å². The number of H-pyrrole nitrogens is 1. The average molecular weight is 301 g/mol. The molecule has 1 fully saturated rings. The van der Waals surface area contributed by atoms with Gasteiger partial charge >= 0.3 is 0 Å². The fourth-order valence-electron chi connectivity index (χ4n) is 3.26. The van der Waals surface area contributed by atoms with Crippen molar-refractivity contribution in [2.75, 3.05) is 13.1 Å². The minimum Gasteiger partial charge on any atom is -0.348 e. The van der Waals surface area contributed by atoms with E-state index in [0.29, 0.717) is 17.0 Å². The van der Waals surface area contributed by atoms with Crippen molar-refractivity contribution in [1.29, 1.82) is 0 Å². The van der Waals surface area contributed by atoms with E-state index in [-0.39, 0.29) is 11.1 Å². The SMILES string of the molecule is BN1CCCC(c2nc3c(c(C)nn3C(C)(C)C)c(=O)[nH]2)C1. The van der Waals surface area contributed by atoms with E-state index in [2.05, 4.69) is 43.6 Å². The van der Waals surface area contributed by atoms with Crippen LogP contribution in [0.15, 0.2) is 4.79 Å². The standard InChI is InChI=1S/C15H24BN5O/c1-9-11-13(21(19-9)15(2,3)4)17-12(18-14(11)22)10-6-5-7-20(16)8-10/h10H,5-8,16H2,1-4H3,(H,17,18,22). The normalized spacial score (nSPS) is 20.6. The molecule has 0 spiro atoms. The molecule has 1 saturated heterocycles. The maximum absolute atomic E-state index is 12.5. The molecule has 0 saturated carbocycles. The van der Waals surface area contributed by atoms with Crippen LogP contribution in [0, 0.1) is 6.92 Å². The number of aryl methyl sites for hydroxylation is 1. The van der Waals surface area contributed by atoms with Gasteiger partial charge in [0.15, 0.2) is 13.6 Å².